The lowest BCUT2D eigenvalue weighted by Gasteiger charge is -2.18. The molecular weight excluding hydrogens is 362 g/mol. The molecule has 0 bridgehead atoms. The van der Waals surface area contributed by atoms with E-state index in [4.69, 9.17) is 0 Å². The van der Waals surface area contributed by atoms with Crippen LogP contribution in [0.4, 0.5) is 0 Å². The number of rotatable bonds is 7. The Balaban J connectivity index is 1.79. The maximum absolute atomic E-state index is 12.8. The van der Waals surface area contributed by atoms with Gasteiger partial charge in [0.15, 0.2) is 0 Å². The second-order valence-electron chi connectivity index (χ2n) is 6.60. The summed E-state index contributed by atoms with van der Waals surface area (Å²) in [5.74, 6) is 0.464. The molecule has 140 valence electrons. The van der Waals surface area contributed by atoms with Crippen LogP contribution >= 0.6 is 0 Å². The summed E-state index contributed by atoms with van der Waals surface area (Å²) in [4.78, 5) is -0.293. The monoisotopic (exact) mass is 387 g/mol. The van der Waals surface area contributed by atoms with Gasteiger partial charge in [0.2, 0.25) is 20.0 Å². The first-order chi connectivity index (χ1) is 11.9. The molecule has 0 saturated carbocycles. The summed E-state index contributed by atoms with van der Waals surface area (Å²) in [6.07, 6.45) is 3.40. The summed E-state index contributed by atoms with van der Waals surface area (Å²) in [6.45, 7) is 3.07. The van der Waals surface area contributed by atoms with Crippen LogP contribution in [0, 0.1) is 5.92 Å². The minimum atomic E-state index is -3.87. The molecule has 1 unspecified atom stereocenters. The van der Waals surface area contributed by atoms with Crippen LogP contribution in [0.25, 0.3) is 0 Å². The minimum absolute atomic E-state index is 0.132. The number of hydrogen-bond donors (Lipinski definition) is 2. The molecule has 2 saturated heterocycles. The molecule has 2 fully saturated rings. The Bertz CT molecular complexity index is 796. The standard InChI is InChI=1S/C16H25N3O4S2/c20-24(21,18-10-8-14-7-9-17-13-14)15-5-1-2-6-16(15)25(22,23)19-11-3-4-12-19/h1-2,5-6,14,17-18H,3-4,7-13H2. The van der Waals surface area contributed by atoms with Crippen LogP contribution in [0.15, 0.2) is 34.1 Å². The van der Waals surface area contributed by atoms with Gasteiger partial charge in [-0.3, -0.25) is 0 Å². The highest BCUT2D eigenvalue weighted by atomic mass is 32.2. The number of hydrogen-bond acceptors (Lipinski definition) is 5. The number of sulfonamides is 2. The van der Waals surface area contributed by atoms with Gasteiger partial charge in [0.25, 0.3) is 0 Å². The fourth-order valence-corrected chi connectivity index (χ4v) is 6.76. The van der Waals surface area contributed by atoms with Gasteiger partial charge in [-0.15, -0.1) is 0 Å². The van der Waals surface area contributed by atoms with Gasteiger partial charge in [-0.1, -0.05) is 12.1 Å². The number of benzene rings is 1. The van der Waals surface area contributed by atoms with Gasteiger partial charge in [-0.25, -0.2) is 21.6 Å². The summed E-state index contributed by atoms with van der Waals surface area (Å²) in [6, 6.07) is 5.86. The zero-order valence-corrected chi connectivity index (χ0v) is 15.8. The predicted molar refractivity (Wildman–Crippen MR) is 95.2 cm³/mol. The molecule has 2 aliphatic rings. The average molecular weight is 388 g/mol. The lowest BCUT2D eigenvalue weighted by atomic mass is 10.1. The molecule has 1 atom stereocenters. The molecule has 0 aliphatic carbocycles. The molecule has 7 nitrogen and oxygen atoms in total. The fourth-order valence-electron chi connectivity index (χ4n) is 3.39. The van der Waals surface area contributed by atoms with Crippen LogP contribution in [0.3, 0.4) is 0 Å². The fraction of sp³-hybridized carbons (Fsp3) is 0.625. The second kappa shape index (κ2) is 7.71. The summed E-state index contributed by atoms with van der Waals surface area (Å²) >= 11 is 0. The normalized spacial score (nSPS) is 22.5. The number of nitrogens with zero attached hydrogens (tertiary/aromatic N) is 1. The first-order valence-electron chi connectivity index (χ1n) is 8.71. The van der Waals surface area contributed by atoms with E-state index >= 15 is 0 Å². The van der Waals surface area contributed by atoms with E-state index in [2.05, 4.69) is 10.0 Å². The summed E-state index contributed by atoms with van der Waals surface area (Å²) in [5.41, 5.74) is 0. The van der Waals surface area contributed by atoms with E-state index in [0.717, 1.165) is 38.8 Å². The Morgan fingerprint density at radius 1 is 1.08 bits per heavy atom. The highest BCUT2D eigenvalue weighted by Crippen LogP contribution is 2.26. The van der Waals surface area contributed by atoms with E-state index in [1.807, 2.05) is 0 Å². The summed E-state index contributed by atoms with van der Waals surface area (Å²) in [5, 5.41) is 3.25. The molecule has 2 aliphatic heterocycles. The number of nitrogens with one attached hydrogen (secondary N) is 2. The third kappa shape index (κ3) is 4.22. The van der Waals surface area contributed by atoms with E-state index in [-0.39, 0.29) is 9.79 Å². The van der Waals surface area contributed by atoms with E-state index in [0.29, 0.717) is 25.6 Å². The van der Waals surface area contributed by atoms with Crippen LogP contribution in [-0.2, 0) is 20.0 Å². The van der Waals surface area contributed by atoms with Crippen molar-refractivity contribution in [3.8, 4) is 0 Å². The van der Waals surface area contributed by atoms with Crippen molar-refractivity contribution in [2.45, 2.75) is 35.5 Å². The van der Waals surface area contributed by atoms with Crippen molar-refractivity contribution in [2.75, 3.05) is 32.7 Å². The lowest BCUT2D eigenvalue weighted by Crippen LogP contribution is -2.32. The highest BCUT2D eigenvalue weighted by molar-refractivity contribution is 7.92. The van der Waals surface area contributed by atoms with E-state index in [1.165, 1.54) is 16.4 Å². The minimum Gasteiger partial charge on any atom is -0.316 e. The maximum Gasteiger partial charge on any atom is 0.244 e. The molecule has 2 heterocycles. The molecule has 1 aromatic rings. The van der Waals surface area contributed by atoms with Crippen molar-refractivity contribution in [2.24, 2.45) is 5.92 Å². The Hall–Kier alpha value is -1.00. The van der Waals surface area contributed by atoms with E-state index in [9.17, 15) is 16.8 Å². The third-order valence-corrected chi connectivity index (χ3v) is 8.43. The van der Waals surface area contributed by atoms with Gasteiger partial charge in [0.05, 0.1) is 0 Å². The van der Waals surface area contributed by atoms with Gasteiger partial charge < -0.3 is 5.32 Å². The molecule has 0 spiro atoms. The largest absolute Gasteiger partial charge is 0.316 e. The molecule has 2 N–H and O–H groups in total. The van der Waals surface area contributed by atoms with Crippen LogP contribution in [0.2, 0.25) is 0 Å². The quantitative estimate of drug-likeness (QED) is 0.720. The van der Waals surface area contributed by atoms with Crippen LogP contribution in [0.5, 0.6) is 0 Å². The van der Waals surface area contributed by atoms with Crippen molar-refractivity contribution >= 4 is 20.0 Å². The molecule has 3 rings (SSSR count). The zero-order valence-electron chi connectivity index (χ0n) is 14.1. The Morgan fingerprint density at radius 2 is 1.76 bits per heavy atom. The second-order valence-corrected chi connectivity index (χ2v) is 10.2. The van der Waals surface area contributed by atoms with Gasteiger partial charge in [0, 0.05) is 19.6 Å². The molecular formula is C16H25N3O4S2. The smallest absolute Gasteiger partial charge is 0.244 e. The van der Waals surface area contributed by atoms with Crippen LogP contribution in [-0.4, -0.2) is 53.9 Å². The summed E-state index contributed by atoms with van der Waals surface area (Å²) < 4.78 is 54.9. The topological polar surface area (TPSA) is 95.6 Å². The van der Waals surface area contributed by atoms with Crippen molar-refractivity contribution in [3.05, 3.63) is 24.3 Å². The molecule has 9 heteroatoms. The molecule has 1 aromatic carbocycles. The van der Waals surface area contributed by atoms with Crippen molar-refractivity contribution < 1.29 is 16.8 Å². The molecule has 0 radical (unpaired) electrons. The Morgan fingerprint density at radius 3 is 2.40 bits per heavy atom. The average Bonchev–Trinajstić information content (AvgIpc) is 3.28. The van der Waals surface area contributed by atoms with Gasteiger partial charge in [-0.05, 0) is 56.8 Å². The maximum atomic E-state index is 12.8. The van der Waals surface area contributed by atoms with Gasteiger partial charge >= 0.3 is 0 Å². The lowest BCUT2D eigenvalue weighted by molar-refractivity contribution is 0.474. The molecule has 0 aromatic heterocycles. The molecule has 25 heavy (non-hydrogen) atoms. The summed E-state index contributed by atoms with van der Waals surface area (Å²) in [7, 11) is -7.66. The van der Waals surface area contributed by atoms with Crippen molar-refractivity contribution in [1.82, 2.24) is 14.3 Å². The first kappa shape index (κ1) is 18.8. The van der Waals surface area contributed by atoms with E-state index in [1.54, 1.807) is 12.1 Å². The Labute approximate surface area is 149 Å². The van der Waals surface area contributed by atoms with Crippen LogP contribution in [0.1, 0.15) is 25.7 Å². The van der Waals surface area contributed by atoms with E-state index < -0.39 is 20.0 Å². The van der Waals surface area contributed by atoms with Gasteiger partial charge in [-0.2, -0.15) is 4.31 Å². The third-order valence-electron chi connectivity index (χ3n) is 4.83. The van der Waals surface area contributed by atoms with Crippen molar-refractivity contribution in [3.63, 3.8) is 0 Å². The highest BCUT2D eigenvalue weighted by Gasteiger charge is 2.32. The SMILES string of the molecule is O=S(=O)(NCCC1CCNC1)c1ccccc1S(=O)(=O)N1CCCC1. The Kier molecular flexibility index (Phi) is 5.79. The van der Waals surface area contributed by atoms with Gasteiger partial charge in [0.1, 0.15) is 9.79 Å². The van der Waals surface area contributed by atoms with Crippen LogP contribution < -0.4 is 10.0 Å². The first-order valence-corrected chi connectivity index (χ1v) is 11.6. The molecule has 0 amide bonds. The predicted octanol–water partition coefficient (Wildman–Crippen LogP) is 0.749. The van der Waals surface area contributed by atoms with Crippen molar-refractivity contribution in [1.29, 1.82) is 0 Å². The zero-order chi connectivity index (χ0) is 17.9.